The van der Waals surface area contributed by atoms with Crippen molar-refractivity contribution < 1.29 is 13.2 Å². The normalized spacial score (nSPS) is 17.2. The summed E-state index contributed by atoms with van der Waals surface area (Å²) >= 11 is 3.47. The van der Waals surface area contributed by atoms with Gasteiger partial charge in [-0.05, 0) is 38.0 Å². The maximum atomic E-state index is 11.9. The van der Waals surface area contributed by atoms with Crippen LogP contribution in [0.5, 0.6) is 5.75 Å². The third kappa shape index (κ3) is 5.59. The Labute approximate surface area is 164 Å². The molecule has 0 bridgehead atoms. The van der Waals surface area contributed by atoms with E-state index >= 15 is 0 Å². The predicted octanol–water partition coefficient (Wildman–Crippen LogP) is 1.94. The Bertz CT molecular complexity index is 732. The smallest absolute Gasteiger partial charge is 0.213 e. The highest BCUT2D eigenvalue weighted by molar-refractivity contribution is 9.10. The van der Waals surface area contributed by atoms with Gasteiger partial charge in [-0.15, -0.1) is 0 Å². The van der Waals surface area contributed by atoms with E-state index < -0.39 is 10.0 Å². The van der Waals surface area contributed by atoms with E-state index in [4.69, 9.17) is 4.74 Å². The average molecular weight is 447 g/mol. The first kappa shape index (κ1) is 21.0. The van der Waals surface area contributed by atoms with Crippen molar-refractivity contribution in [2.75, 3.05) is 33.0 Å². The van der Waals surface area contributed by atoms with Crippen molar-refractivity contribution in [1.29, 1.82) is 0 Å². The molecule has 7 nitrogen and oxygen atoms in total. The molecule has 1 aromatic carbocycles. The lowest BCUT2D eigenvalue weighted by Crippen LogP contribution is -2.49. The van der Waals surface area contributed by atoms with Gasteiger partial charge in [-0.1, -0.05) is 15.9 Å². The first-order valence-electron chi connectivity index (χ1n) is 8.67. The molecule has 2 N–H and O–H groups in total. The second-order valence-electron chi connectivity index (χ2n) is 6.10. The van der Waals surface area contributed by atoms with Gasteiger partial charge in [0.1, 0.15) is 5.75 Å². The Hall–Kier alpha value is -1.32. The van der Waals surface area contributed by atoms with E-state index in [-0.39, 0.29) is 11.8 Å². The maximum absolute atomic E-state index is 11.9. The summed E-state index contributed by atoms with van der Waals surface area (Å²) in [6.45, 7) is 3.35. The molecular formula is C17H27BrN4O3S. The number of halogens is 1. The second-order valence-corrected chi connectivity index (χ2v) is 9.27. The van der Waals surface area contributed by atoms with Crippen LogP contribution in [0.4, 0.5) is 0 Å². The van der Waals surface area contributed by atoms with Crippen molar-refractivity contribution in [3.05, 3.63) is 28.2 Å². The molecule has 0 aliphatic carbocycles. The van der Waals surface area contributed by atoms with Crippen LogP contribution in [0.2, 0.25) is 0 Å². The van der Waals surface area contributed by atoms with E-state index in [0.717, 1.165) is 28.6 Å². The Morgan fingerprint density at radius 1 is 1.38 bits per heavy atom. The van der Waals surface area contributed by atoms with Crippen LogP contribution in [0, 0.1) is 0 Å². The van der Waals surface area contributed by atoms with Gasteiger partial charge in [-0.25, -0.2) is 12.7 Å². The van der Waals surface area contributed by atoms with Gasteiger partial charge in [0.2, 0.25) is 10.0 Å². The lowest BCUT2D eigenvalue weighted by Gasteiger charge is -2.32. The Kier molecular flexibility index (Phi) is 7.72. The van der Waals surface area contributed by atoms with Crippen LogP contribution >= 0.6 is 15.9 Å². The molecule has 2 rings (SSSR count). The van der Waals surface area contributed by atoms with Gasteiger partial charge in [0, 0.05) is 42.8 Å². The molecule has 0 aromatic heterocycles. The number of sulfonamides is 1. The van der Waals surface area contributed by atoms with Crippen LogP contribution < -0.4 is 15.4 Å². The topological polar surface area (TPSA) is 83.0 Å². The third-order valence-electron chi connectivity index (χ3n) is 4.47. The molecule has 0 saturated carbocycles. The fourth-order valence-corrected chi connectivity index (χ4v) is 4.45. The van der Waals surface area contributed by atoms with E-state index in [9.17, 15) is 8.42 Å². The summed E-state index contributed by atoms with van der Waals surface area (Å²) in [6.07, 6.45) is 1.53. The van der Waals surface area contributed by atoms with E-state index in [1.165, 1.54) is 0 Å². The minimum absolute atomic E-state index is 0.156. The summed E-state index contributed by atoms with van der Waals surface area (Å²) in [4.78, 5) is 4.27. The Morgan fingerprint density at radius 3 is 2.65 bits per heavy atom. The molecule has 1 aliphatic heterocycles. The highest BCUT2D eigenvalue weighted by atomic mass is 79.9. The van der Waals surface area contributed by atoms with Gasteiger partial charge in [-0.2, -0.15) is 0 Å². The molecule has 1 saturated heterocycles. The lowest BCUT2D eigenvalue weighted by atomic mass is 10.1. The van der Waals surface area contributed by atoms with E-state index in [0.29, 0.717) is 25.6 Å². The quantitative estimate of drug-likeness (QED) is 0.515. The Morgan fingerprint density at radius 2 is 2.08 bits per heavy atom. The molecule has 1 heterocycles. The summed E-state index contributed by atoms with van der Waals surface area (Å²) < 4.78 is 31.8. The summed E-state index contributed by atoms with van der Waals surface area (Å²) in [5, 5.41) is 6.68. The monoisotopic (exact) mass is 446 g/mol. The summed E-state index contributed by atoms with van der Waals surface area (Å²) in [6, 6.07) is 6.07. The Balaban J connectivity index is 1.89. The number of benzene rings is 1. The van der Waals surface area contributed by atoms with Crippen LogP contribution in [0.25, 0.3) is 0 Å². The number of aliphatic imine (C=N–C) groups is 1. The molecule has 1 aromatic rings. The van der Waals surface area contributed by atoms with Crippen LogP contribution in [0.1, 0.15) is 25.3 Å². The van der Waals surface area contributed by atoms with Crippen molar-refractivity contribution in [1.82, 2.24) is 14.9 Å². The summed E-state index contributed by atoms with van der Waals surface area (Å²) in [5.74, 6) is 1.67. The van der Waals surface area contributed by atoms with E-state index in [1.807, 2.05) is 18.2 Å². The minimum Gasteiger partial charge on any atom is -0.496 e. The number of nitrogens with one attached hydrogen (secondary N) is 2. The van der Waals surface area contributed by atoms with Crippen LogP contribution in [-0.2, 0) is 16.6 Å². The third-order valence-corrected chi connectivity index (χ3v) is 6.84. The highest BCUT2D eigenvalue weighted by Crippen LogP contribution is 2.22. The van der Waals surface area contributed by atoms with Gasteiger partial charge in [0.05, 0.1) is 12.9 Å². The molecular weight excluding hydrogens is 420 g/mol. The van der Waals surface area contributed by atoms with Crippen LogP contribution in [0.15, 0.2) is 27.7 Å². The molecule has 1 aliphatic rings. The first-order chi connectivity index (χ1) is 12.4. The van der Waals surface area contributed by atoms with E-state index in [2.05, 4.69) is 31.6 Å². The number of methoxy groups -OCH3 is 1. The molecule has 0 unspecified atom stereocenters. The zero-order valence-corrected chi connectivity index (χ0v) is 17.9. The molecule has 0 radical (unpaired) electrons. The second kappa shape index (κ2) is 9.57. The summed E-state index contributed by atoms with van der Waals surface area (Å²) in [5.41, 5.74) is 1.02. The van der Waals surface area contributed by atoms with Gasteiger partial charge >= 0.3 is 0 Å². The fourth-order valence-electron chi connectivity index (χ4n) is 2.91. The maximum Gasteiger partial charge on any atom is 0.213 e. The molecule has 9 heteroatoms. The standard InChI is InChI=1S/C17H27BrN4O3S/c1-4-26(23,24)22-9-7-15(8-10-22)21-17(19-2)20-12-13-11-14(18)5-6-16(13)25-3/h5-6,11,15H,4,7-10,12H2,1-3H3,(H2,19,20,21). The number of hydrogen-bond acceptors (Lipinski definition) is 4. The highest BCUT2D eigenvalue weighted by Gasteiger charge is 2.27. The van der Waals surface area contributed by atoms with Crippen molar-refractivity contribution in [2.24, 2.45) is 4.99 Å². The first-order valence-corrected chi connectivity index (χ1v) is 11.1. The zero-order valence-electron chi connectivity index (χ0n) is 15.5. The number of hydrogen-bond donors (Lipinski definition) is 2. The van der Waals surface area contributed by atoms with Crippen molar-refractivity contribution >= 4 is 31.9 Å². The SMILES string of the molecule is CCS(=O)(=O)N1CCC(NC(=NC)NCc2cc(Br)ccc2OC)CC1. The molecule has 0 spiro atoms. The largest absolute Gasteiger partial charge is 0.496 e. The molecule has 0 atom stereocenters. The lowest BCUT2D eigenvalue weighted by molar-refractivity contribution is 0.306. The number of rotatable bonds is 6. The van der Waals surface area contributed by atoms with Crippen molar-refractivity contribution in [3.8, 4) is 5.75 Å². The summed E-state index contributed by atoms with van der Waals surface area (Å²) in [7, 11) is 0.282. The van der Waals surface area contributed by atoms with Crippen molar-refractivity contribution in [3.63, 3.8) is 0 Å². The number of guanidine groups is 1. The van der Waals surface area contributed by atoms with Gasteiger partial charge in [0.15, 0.2) is 5.96 Å². The average Bonchev–Trinajstić information content (AvgIpc) is 2.65. The number of piperidine rings is 1. The number of ether oxygens (including phenoxy) is 1. The van der Waals surface area contributed by atoms with Gasteiger partial charge < -0.3 is 15.4 Å². The van der Waals surface area contributed by atoms with Crippen LogP contribution in [-0.4, -0.2) is 57.7 Å². The molecule has 1 fully saturated rings. The molecule has 0 amide bonds. The minimum atomic E-state index is -3.10. The molecule has 26 heavy (non-hydrogen) atoms. The van der Waals surface area contributed by atoms with Gasteiger partial charge in [-0.3, -0.25) is 4.99 Å². The fraction of sp³-hybridized carbons (Fsp3) is 0.588. The molecule has 146 valence electrons. The van der Waals surface area contributed by atoms with E-state index in [1.54, 1.807) is 25.4 Å². The number of nitrogens with zero attached hydrogens (tertiary/aromatic N) is 2. The van der Waals surface area contributed by atoms with Crippen LogP contribution in [0.3, 0.4) is 0 Å². The van der Waals surface area contributed by atoms with Crippen molar-refractivity contribution in [2.45, 2.75) is 32.4 Å². The predicted molar refractivity (Wildman–Crippen MR) is 108 cm³/mol. The zero-order chi connectivity index (χ0) is 19.2. The van der Waals surface area contributed by atoms with Gasteiger partial charge in [0.25, 0.3) is 0 Å².